The van der Waals surface area contributed by atoms with Gasteiger partial charge in [-0.25, -0.2) is 8.42 Å². The van der Waals surface area contributed by atoms with Gasteiger partial charge in [-0.05, 0) is 65.4 Å². The van der Waals surface area contributed by atoms with Crippen LogP contribution in [-0.4, -0.2) is 68.8 Å². The van der Waals surface area contributed by atoms with E-state index in [9.17, 15) is 31.6 Å². The second-order valence-electron chi connectivity index (χ2n) is 9.61. The summed E-state index contributed by atoms with van der Waals surface area (Å²) >= 11 is 0. The summed E-state index contributed by atoms with van der Waals surface area (Å²) in [4.78, 5) is -0.573. The van der Waals surface area contributed by atoms with E-state index in [2.05, 4.69) is 20.5 Å². The molecule has 6 aromatic rings. The molecule has 0 saturated heterocycles. The van der Waals surface area contributed by atoms with Crippen LogP contribution in [0, 0.1) is 0 Å². The number of aromatic hydroxyl groups is 1. The van der Waals surface area contributed by atoms with Crippen molar-refractivity contribution in [1.82, 2.24) is 0 Å². The first-order valence-corrected chi connectivity index (χ1v) is 16.1. The molecule has 12 nitrogen and oxygen atoms in total. The van der Waals surface area contributed by atoms with Gasteiger partial charge in [-0.15, -0.1) is 5.11 Å². The fourth-order valence-electron chi connectivity index (χ4n) is 4.28. The largest absolute Gasteiger partial charge is 2.00 e. The van der Waals surface area contributed by atoms with Crippen molar-refractivity contribution >= 4 is 102 Å². The molecule has 0 spiro atoms. The molecule has 0 atom stereocenters. The van der Waals surface area contributed by atoms with Gasteiger partial charge in [0, 0.05) is 10.8 Å². The Kier molecular flexibility index (Phi) is 11.4. The van der Waals surface area contributed by atoms with Gasteiger partial charge >= 0.3 is 37.7 Å². The summed E-state index contributed by atoms with van der Waals surface area (Å²) in [7, 11) is -8.84. The zero-order chi connectivity index (χ0) is 32.9. The Morgan fingerprint density at radius 1 is 0.553 bits per heavy atom. The van der Waals surface area contributed by atoms with Crippen molar-refractivity contribution < 1.29 is 36.2 Å². The van der Waals surface area contributed by atoms with Crippen LogP contribution in [0.25, 0.3) is 21.5 Å². The zero-order valence-electron chi connectivity index (χ0n) is 24.2. The molecule has 6 rings (SSSR count). The number of nitrogens with zero attached hydrogens (tertiary/aromatic N) is 4. The first kappa shape index (κ1) is 35.6. The molecule has 0 aliphatic heterocycles. The van der Waals surface area contributed by atoms with E-state index in [1.165, 1.54) is 48.5 Å². The SMILES string of the molecule is O=S(=O)(O)c1ccc2c(N=Nc3ccccc3)c(O)ccc2c1.O=S(=O)([O-])c1ccc2c(N=Nc3ccccc3)c([O-])ccc2c1.[Ca+2]. The maximum atomic E-state index is 12.0. The Balaban J connectivity index is 0.000000208. The number of hydrogen-bond acceptors (Lipinski definition) is 11. The fraction of sp³-hybridized carbons (Fsp3) is 0. The number of phenols is 1. The van der Waals surface area contributed by atoms with Crippen LogP contribution in [0.15, 0.2) is 152 Å². The van der Waals surface area contributed by atoms with Crippen molar-refractivity contribution in [2.24, 2.45) is 20.5 Å². The monoisotopic (exact) mass is 694 g/mol. The minimum atomic E-state index is -4.55. The molecule has 6 aromatic carbocycles. The molecule has 0 aliphatic rings. The molecule has 0 amide bonds. The summed E-state index contributed by atoms with van der Waals surface area (Å²) in [6, 6.07) is 31.4. The molecule has 0 aromatic heterocycles. The second kappa shape index (κ2) is 15.1. The molecule has 2 N–H and O–H groups in total. The first-order chi connectivity index (χ1) is 21.9. The average molecular weight is 695 g/mol. The van der Waals surface area contributed by atoms with Gasteiger partial charge in [0.1, 0.15) is 21.6 Å². The standard InChI is InChI=1S/2C16H12N2O4S.Ca/c2*19-15-9-6-11-10-13(23(20,21)22)7-8-14(11)16(15)18-17-12-4-2-1-3-5-12;/h2*1-10,19H,(H,20,21,22);/q;;+2/p-2. The van der Waals surface area contributed by atoms with E-state index >= 15 is 0 Å². The van der Waals surface area contributed by atoms with Crippen molar-refractivity contribution in [3.05, 3.63) is 121 Å². The van der Waals surface area contributed by atoms with Gasteiger partial charge in [0.2, 0.25) is 0 Å². The number of phenolic OH excluding ortho intramolecular Hbond substituents is 1. The quantitative estimate of drug-likeness (QED) is 0.105. The van der Waals surface area contributed by atoms with E-state index in [0.29, 0.717) is 32.9 Å². The number of fused-ring (bicyclic) bond motifs is 2. The molecule has 0 bridgehead atoms. The van der Waals surface area contributed by atoms with E-state index in [4.69, 9.17) is 4.55 Å². The fourth-order valence-corrected chi connectivity index (χ4v) is 5.30. The molecule has 0 radical (unpaired) electrons. The van der Waals surface area contributed by atoms with Crippen molar-refractivity contribution in [3.63, 3.8) is 0 Å². The van der Waals surface area contributed by atoms with Crippen molar-refractivity contribution in [1.29, 1.82) is 0 Å². The van der Waals surface area contributed by atoms with Gasteiger partial charge in [-0.3, -0.25) is 4.55 Å². The Labute approximate surface area is 299 Å². The van der Waals surface area contributed by atoms with Crippen molar-refractivity contribution in [2.45, 2.75) is 9.79 Å². The van der Waals surface area contributed by atoms with Gasteiger partial charge in [0.15, 0.2) is 0 Å². The topological polar surface area (TPSA) is 204 Å². The van der Waals surface area contributed by atoms with E-state index in [1.54, 1.807) is 42.5 Å². The number of benzene rings is 6. The minimum Gasteiger partial charge on any atom is -0.871 e. The van der Waals surface area contributed by atoms with E-state index in [-0.39, 0.29) is 70.4 Å². The molecule has 15 heteroatoms. The maximum absolute atomic E-state index is 12.0. The van der Waals surface area contributed by atoms with Crippen LogP contribution in [0.5, 0.6) is 11.5 Å². The predicted octanol–water partition coefficient (Wildman–Crippen LogP) is 7.06. The summed E-state index contributed by atoms with van der Waals surface area (Å²) in [6.07, 6.45) is 0. The third-order valence-electron chi connectivity index (χ3n) is 6.50. The van der Waals surface area contributed by atoms with E-state index in [0.717, 1.165) is 6.07 Å². The summed E-state index contributed by atoms with van der Waals surface area (Å²) in [5.41, 5.74) is 1.54. The Morgan fingerprint density at radius 2 is 1.02 bits per heavy atom. The van der Waals surface area contributed by atoms with Crippen LogP contribution in [-0.2, 0) is 20.2 Å². The number of hydrogen-bond donors (Lipinski definition) is 2. The van der Waals surface area contributed by atoms with Crippen molar-refractivity contribution in [3.8, 4) is 11.5 Å². The molecular weight excluding hydrogens is 673 g/mol. The molecule has 0 aliphatic carbocycles. The summed E-state index contributed by atoms with van der Waals surface area (Å²) in [5.74, 6) is -0.410. The van der Waals surface area contributed by atoms with Gasteiger partial charge < -0.3 is 14.8 Å². The summed E-state index contributed by atoms with van der Waals surface area (Å²) < 4.78 is 64.8. The third-order valence-corrected chi connectivity index (χ3v) is 8.18. The van der Waals surface area contributed by atoms with E-state index in [1.807, 2.05) is 24.3 Å². The van der Waals surface area contributed by atoms with Crippen molar-refractivity contribution in [2.75, 3.05) is 0 Å². The predicted molar refractivity (Wildman–Crippen MR) is 174 cm³/mol. The van der Waals surface area contributed by atoms with Crippen LogP contribution in [0.4, 0.5) is 22.7 Å². The van der Waals surface area contributed by atoms with Gasteiger partial charge in [0.25, 0.3) is 10.1 Å². The maximum Gasteiger partial charge on any atom is 2.00 e. The first-order valence-electron chi connectivity index (χ1n) is 13.3. The third kappa shape index (κ3) is 8.96. The second-order valence-corrected chi connectivity index (χ2v) is 12.4. The Bertz CT molecular complexity index is 2170. The molecule has 0 saturated carbocycles. The summed E-state index contributed by atoms with van der Waals surface area (Å²) in [5, 5.41) is 40.0. The molecule has 232 valence electrons. The van der Waals surface area contributed by atoms with Crippen LogP contribution < -0.4 is 5.11 Å². The Morgan fingerprint density at radius 3 is 1.55 bits per heavy atom. The number of azo groups is 2. The molecular formula is C32H22CaN4O8S2. The summed E-state index contributed by atoms with van der Waals surface area (Å²) in [6.45, 7) is 0. The number of rotatable bonds is 6. The van der Waals surface area contributed by atoms with Crippen LogP contribution in [0.1, 0.15) is 0 Å². The van der Waals surface area contributed by atoms with E-state index < -0.39 is 20.2 Å². The normalized spacial score (nSPS) is 11.8. The van der Waals surface area contributed by atoms with Gasteiger partial charge in [-0.1, -0.05) is 72.5 Å². The molecule has 47 heavy (non-hydrogen) atoms. The molecule has 0 heterocycles. The van der Waals surface area contributed by atoms with Crippen LogP contribution in [0.3, 0.4) is 0 Å². The molecule has 0 unspecified atom stereocenters. The zero-order valence-corrected chi connectivity index (χ0v) is 28.0. The average Bonchev–Trinajstić information content (AvgIpc) is 3.04. The van der Waals surface area contributed by atoms with Gasteiger partial charge in [0.05, 0.1) is 26.9 Å². The Hall–Kier alpha value is -4.28. The van der Waals surface area contributed by atoms with Crippen LogP contribution in [0.2, 0.25) is 0 Å². The van der Waals surface area contributed by atoms with Gasteiger partial charge in [-0.2, -0.15) is 23.8 Å². The molecule has 0 fully saturated rings. The smallest absolute Gasteiger partial charge is 0.871 e. The minimum absolute atomic E-state index is 0. The van der Waals surface area contributed by atoms with Crippen LogP contribution >= 0.6 is 0 Å².